The molecule has 0 spiro atoms. The Morgan fingerprint density at radius 1 is 0.571 bits per heavy atom. The summed E-state index contributed by atoms with van der Waals surface area (Å²) >= 11 is 3.16. The summed E-state index contributed by atoms with van der Waals surface area (Å²) < 4.78 is 1.47. The maximum atomic E-state index is 10.1. The Hall–Kier alpha value is -3.44. The van der Waals surface area contributed by atoms with Gasteiger partial charge in [-0.05, 0) is 70.8 Å². The van der Waals surface area contributed by atoms with E-state index < -0.39 is 0 Å². The fourth-order valence-electron chi connectivity index (χ4n) is 3.34. The molecule has 0 saturated heterocycles. The molecule has 0 saturated carbocycles. The van der Waals surface area contributed by atoms with E-state index in [0.29, 0.717) is 11.1 Å². The number of benzene rings is 4. The number of phenolic OH excluding ortho intramolecular Hbond substituents is 2. The second-order valence-corrected chi connectivity index (χ2v) is 13.6. The third kappa shape index (κ3) is 10.8. The average molecular weight is 631 g/mol. The third-order valence-electron chi connectivity index (χ3n) is 5.70. The molecule has 0 heterocycles. The van der Waals surface area contributed by atoms with E-state index in [9.17, 15) is 10.2 Å². The predicted molar refractivity (Wildman–Crippen MR) is 186 cm³/mol. The van der Waals surface area contributed by atoms with E-state index in [1.807, 2.05) is 12.1 Å². The highest BCUT2D eigenvalue weighted by Crippen LogP contribution is 2.36. The Morgan fingerprint density at radius 2 is 0.952 bits per heavy atom. The Bertz CT molecular complexity index is 1450. The van der Waals surface area contributed by atoms with Crippen molar-refractivity contribution in [2.24, 2.45) is 20.4 Å². The standard InChI is InChI=1S/C32H30N4O2S4/c1-23-11-15-25(16-12-23)21-39-31(35-33-19-27-7-3-5-9-29(27)37)41-42-32(40-22-26-17-13-24(2)14-18-26)36-34-20-28-8-4-6-10-30(28)38/h3-20,37-38H,21-22H2,1-2H3/b33-19+,34-20+,35-31-,36-32-. The smallest absolute Gasteiger partial charge is 0.163 e. The van der Waals surface area contributed by atoms with Gasteiger partial charge in [0.25, 0.3) is 0 Å². The maximum Gasteiger partial charge on any atom is 0.163 e. The summed E-state index contributed by atoms with van der Waals surface area (Å²) in [5.74, 6) is 1.76. The minimum Gasteiger partial charge on any atom is -0.507 e. The molecule has 0 radical (unpaired) electrons. The van der Waals surface area contributed by atoms with Crippen LogP contribution < -0.4 is 0 Å². The van der Waals surface area contributed by atoms with Crippen LogP contribution in [0.25, 0.3) is 0 Å². The molecule has 6 nitrogen and oxygen atoms in total. The van der Waals surface area contributed by atoms with Gasteiger partial charge in [0.2, 0.25) is 0 Å². The van der Waals surface area contributed by atoms with Gasteiger partial charge in [-0.15, -0.1) is 10.2 Å². The molecule has 2 N–H and O–H groups in total. The van der Waals surface area contributed by atoms with Gasteiger partial charge in [-0.2, -0.15) is 10.2 Å². The van der Waals surface area contributed by atoms with Crippen LogP contribution in [0, 0.1) is 13.8 Å². The van der Waals surface area contributed by atoms with Crippen molar-refractivity contribution < 1.29 is 10.2 Å². The Kier molecular flexibility index (Phi) is 12.6. The van der Waals surface area contributed by atoms with Gasteiger partial charge in [-0.1, -0.05) is 107 Å². The molecule has 0 bridgehead atoms. The SMILES string of the molecule is Cc1ccc(CS/C(=N/N=C/c2ccccc2O)SS/C(=N\N=C\c2ccccc2O)SCc2ccc(C)cc2)cc1. The quantitative estimate of drug-likeness (QED) is 0.0874. The summed E-state index contributed by atoms with van der Waals surface area (Å²) in [5, 5.41) is 37.6. The zero-order valence-corrected chi connectivity index (χ0v) is 26.4. The van der Waals surface area contributed by atoms with Crippen LogP contribution in [0.2, 0.25) is 0 Å². The first-order chi connectivity index (χ1) is 20.5. The molecule has 0 aromatic heterocycles. The summed E-state index contributed by atoms with van der Waals surface area (Å²) in [6.45, 7) is 4.14. The molecule has 214 valence electrons. The van der Waals surface area contributed by atoms with Crippen molar-refractivity contribution in [3.05, 3.63) is 130 Å². The maximum absolute atomic E-state index is 10.1. The number of hydrogen-bond acceptors (Lipinski definition) is 10. The first-order valence-electron chi connectivity index (χ1n) is 13.0. The molecule has 0 aliphatic carbocycles. The monoisotopic (exact) mass is 630 g/mol. The van der Waals surface area contributed by atoms with Crippen LogP contribution in [0.3, 0.4) is 0 Å². The lowest BCUT2D eigenvalue weighted by Gasteiger charge is -2.07. The number of rotatable bonds is 8. The van der Waals surface area contributed by atoms with Crippen molar-refractivity contribution in [1.82, 2.24) is 0 Å². The first-order valence-corrected chi connectivity index (χ1v) is 17.1. The molecule has 10 heteroatoms. The van der Waals surface area contributed by atoms with E-state index in [4.69, 9.17) is 0 Å². The number of nitrogens with zero attached hydrogens (tertiary/aromatic N) is 4. The number of para-hydroxylation sites is 2. The van der Waals surface area contributed by atoms with Crippen molar-refractivity contribution in [3.8, 4) is 11.5 Å². The van der Waals surface area contributed by atoms with E-state index in [-0.39, 0.29) is 11.5 Å². The topological polar surface area (TPSA) is 89.9 Å². The van der Waals surface area contributed by atoms with Gasteiger partial charge in [-0.3, -0.25) is 0 Å². The molecule has 0 aliphatic heterocycles. The highest BCUT2D eigenvalue weighted by atomic mass is 33.1. The fraction of sp³-hybridized carbons (Fsp3) is 0.125. The number of phenols is 2. The van der Waals surface area contributed by atoms with Crippen LogP contribution in [-0.4, -0.2) is 31.4 Å². The molecular formula is C32H30N4O2S4. The summed E-state index contributed by atoms with van der Waals surface area (Å²) in [4.78, 5) is 0. The number of hydrogen-bond donors (Lipinski definition) is 2. The summed E-state index contributed by atoms with van der Waals surface area (Å²) in [6.07, 6.45) is 3.09. The normalized spacial score (nSPS) is 12.4. The minimum absolute atomic E-state index is 0.150. The fourth-order valence-corrected chi connectivity index (χ4v) is 7.66. The predicted octanol–water partition coefficient (Wildman–Crippen LogP) is 9.04. The van der Waals surface area contributed by atoms with Crippen molar-refractivity contribution in [2.45, 2.75) is 25.4 Å². The van der Waals surface area contributed by atoms with E-state index in [1.165, 1.54) is 43.8 Å². The second kappa shape index (κ2) is 16.9. The zero-order valence-electron chi connectivity index (χ0n) is 23.1. The van der Waals surface area contributed by atoms with Gasteiger partial charge in [0, 0.05) is 22.6 Å². The zero-order chi connectivity index (χ0) is 29.6. The van der Waals surface area contributed by atoms with Crippen LogP contribution in [-0.2, 0) is 11.5 Å². The number of aryl methyl sites for hydroxylation is 2. The molecule has 0 atom stereocenters. The second-order valence-electron chi connectivity index (χ2n) is 9.05. The van der Waals surface area contributed by atoms with Crippen molar-refractivity contribution in [2.75, 3.05) is 0 Å². The van der Waals surface area contributed by atoms with Crippen LogP contribution in [0.5, 0.6) is 11.5 Å². The van der Waals surface area contributed by atoms with Crippen LogP contribution in [0.1, 0.15) is 33.4 Å². The van der Waals surface area contributed by atoms with Crippen LogP contribution in [0.15, 0.2) is 117 Å². The minimum atomic E-state index is 0.150. The molecule has 0 fully saturated rings. The van der Waals surface area contributed by atoms with Gasteiger partial charge in [0.1, 0.15) is 11.5 Å². The lowest BCUT2D eigenvalue weighted by Crippen LogP contribution is -1.91. The van der Waals surface area contributed by atoms with E-state index in [0.717, 1.165) is 20.3 Å². The number of thioether (sulfide) groups is 2. The lowest BCUT2D eigenvalue weighted by atomic mass is 10.2. The molecule has 0 aliphatic rings. The van der Waals surface area contributed by atoms with Crippen molar-refractivity contribution in [1.29, 1.82) is 0 Å². The summed E-state index contributed by atoms with van der Waals surface area (Å²) in [5.41, 5.74) is 5.98. The molecule has 4 aromatic rings. The Balaban J connectivity index is 1.51. The highest BCUT2D eigenvalue weighted by Gasteiger charge is 2.10. The first kappa shape index (κ1) is 31.5. The third-order valence-corrected chi connectivity index (χ3v) is 10.9. The Morgan fingerprint density at radius 3 is 1.33 bits per heavy atom. The van der Waals surface area contributed by atoms with E-state index in [2.05, 4.69) is 82.8 Å². The number of aromatic hydroxyl groups is 2. The highest BCUT2D eigenvalue weighted by molar-refractivity contribution is 8.93. The van der Waals surface area contributed by atoms with Gasteiger partial charge < -0.3 is 10.2 Å². The van der Waals surface area contributed by atoms with Gasteiger partial charge in [-0.25, -0.2) is 0 Å². The Labute approximate surface area is 263 Å². The van der Waals surface area contributed by atoms with Gasteiger partial charge >= 0.3 is 0 Å². The van der Waals surface area contributed by atoms with Gasteiger partial charge in [0.15, 0.2) is 8.75 Å². The average Bonchev–Trinajstić information content (AvgIpc) is 3.00. The lowest BCUT2D eigenvalue weighted by molar-refractivity contribution is 0.474. The van der Waals surface area contributed by atoms with E-state index in [1.54, 1.807) is 72.4 Å². The molecule has 4 aromatic carbocycles. The largest absolute Gasteiger partial charge is 0.507 e. The van der Waals surface area contributed by atoms with Gasteiger partial charge in [0.05, 0.1) is 12.4 Å². The summed E-state index contributed by atoms with van der Waals surface area (Å²) in [6, 6.07) is 30.8. The molecule has 42 heavy (non-hydrogen) atoms. The molecular weight excluding hydrogens is 601 g/mol. The molecule has 0 amide bonds. The molecule has 4 rings (SSSR count). The summed E-state index contributed by atoms with van der Waals surface area (Å²) in [7, 11) is 2.91. The van der Waals surface area contributed by atoms with E-state index >= 15 is 0 Å². The van der Waals surface area contributed by atoms with Crippen LogP contribution in [0.4, 0.5) is 0 Å². The van der Waals surface area contributed by atoms with Crippen LogP contribution >= 0.6 is 45.1 Å². The molecule has 0 unspecified atom stereocenters. The van der Waals surface area contributed by atoms with Crippen molar-refractivity contribution in [3.63, 3.8) is 0 Å². The van der Waals surface area contributed by atoms with Crippen molar-refractivity contribution >= 4 is 66.3 Å².